The van der Waals surface area contributed by atoms with Crippen molar-refractivity contribution in [1.82, 2.24) is 0 Å². The highest BCUT2D eigenvalue weighted by Gasteiger charge is 2.08. The first-order chi connectivity index (χ1) is 6.56. The third-order valence-corrected chi connectivity index (χ3v) is 2.47. The number of nitrogens with two attached hydrogens (primary N) is 1. The van der Waals surface area contributed by atoms with Crippen molar-refractivity contribution in [1.29, 1.82) is 5.26 Å². The summed E-state index contributed by atoms with van der Waals surface area (Å²) < 4.78 is 0. The van der Waals surface area contributed by atoms with Gasteiger partial charge in [-0.2, -0.15) is 5.26 Å². The summed E-state index contributed by atoms with van der Waals surface area (Å²) in [5, 5.41) is 8.67. The van der Waals surface area contributed by atoms with Crippen LogP contribution in [0.1, 0.15) is 36.5 Å². The monoisotopic (exact) mass is 188 g/mol. The summed E-state index contributed by atoms with van der Waals surface area (Å²) in [6.45, 7) is 6.33. The Morgan fingerprint density at radius 2 is 2.07 bits per heavy atom. The molecule has 0 aromatic heterocycles. The second-order valence-electron chi connectivity index (χ2n) is 3.88. The number of anilines is 1. The summed E-state index contributed by atoms with van der Waals surface area (Å²) in [5.41, 5.74) is 10.0. The third-order valence-electron chi connectivity index (χ3n) is 2.47. The van der Waals surface area contributed by atoms with Gasteiger partial charge in [-0.05, 0) is 41.7 Å². The van der Waals surface area contributed by atoms with Gasteiger partial charge < -0.3 is 5.73 Å². The molecule has 0 aliphatic heterocycles. The summed E-state index contributed by atoms with van der Waals surface area (Å²) in [6.07, 6.45) is 0.441. The lowest BCUT2D eigenvalue weighted by atomic mass is 9.92. The topological polar surface area (TPSA) is 49.8 Å². The lowest BCUT2D eigenvalue weighted by Gasteiger charge is -2.13. The Morgan fingerprint density at radius 3 is 2.57 bits per heavy atom. The van der Waals surface area contributed by atoms with E-state index in [4.69, 9.17) is 11.0 Å². The molecule has 1 aromatic carbocycles. The molecule has 74 valence electrons. The molecule has 0 spiro atoms. The van der Waals surface area contributed by atoms with Crippen LogP contribution in [0.25, 0.3) is 0 Å². The fraction of sp³-hybridized carbons (Fsp3) is 0.417. The van der Waals surface area contributed by atoms with Gasteiger partial charge >= 0.3 is 0 Å². The number of nitrogen functional groups attached to an aromatic ring is 1. The average Bonchev–Trinajstić information content (AvgIpc) is 2.10. The van der Waals surface area contributed by atoms with E-state index in [9.17, 15) is 0 Å². The van der Waals surface area contributed by atoms with Gasteiger partial charge in [0, 0.05) is 5.69 Å². The van der Waals surface area contributed by atoms with Crippen molar-refractivity contribution in [2.75, 3.05) is 5.73 Å². The number of nitrogens with zero attached hydrogens (tertiary/aromatic N) is 1. The maximum atomic E-state index is 8.67. The van der Waals surface area contributed by atoms with Crippen LogP contribution in [0.5, 0.6) is 0 Å². The fourth-order valence-corrected chi connectivity index (χ4v) is 1.69. The van der Waals surface area contributed by atoms with Crippen LogP contribution in [0.4, 0.5) is 5.69 Å². The normalized spacial score (nSPS) is 10.2. The van der Waals surface area contributed by atoms with Crippen LogP contribution < -0.4 is 5.73 Å². The molecule has 2 N–H and O–H groups in total. The number of benzene rings is 1. The molecule has 2 heteroatoms. The zero-order valence-corrected chi connectivity index (χ0v) is 8.96. The Bertz CT molecular complexity index is 373. The van der Waals surface area contributed by atoms with Gasteiger partial charge in [-0.3, -0.25) is 0 Å². The minimum atomic E-state index is 0.441. The van der Waals surface area contributed by atoms with Gasteiger partial charge in [0.25, 0.3) is 0 Å². The van der Waals surface area contributed by atoms with Gasteiger partial charge in [0.2, 0.25) is 0 Å². The standard InChI is InChI=1S/C12H16N2/c1-8(2)12-7-11(14)6-10(4-5-13)9(12)3/h6-8H,4,14H2,1-3H3. The van der Waals surface area contributed by atoms with E-state index in [-0.39, 0.29) is 0 Å². The maximum Gasteiger partial charge on any atom is 0.0669 e. The van der Waals surface area contributed by atoms with Crippen molar-refractivity contribution in [3.8, 4) is 6.07 Å². The van der Waals surface area contributed by atoms with E-state index in [0.717, 1.165) is 11.3 Å². The van der Waals surface area contributed by atoms with Crippen molar-refractivity contribution in [2.24, 2.45) is 0 Å². The maximum absolute atomic E-state index is 8.67. The molecule has 0 aliphatic rings. The largest absolute Gasteiger partial charge is 0.399 e. The van der Waals surface area contributed by atoms with Gasteiger partial charge in [-0.1, -0.05) is 13.8 Å². The van der Waals surface area contributed by atoms with Gasteiger partial charge in [0.1, 0.15) is 0 Å². The molecular weight excluding hydrogens is 172 g/mol. The smallest absolute Gasteiger partial charge is 0.0669 e. The third kappa shape index (κ3) is 2.05. The lowest BCUT2D eigenvalue weighted by molar-refractivity contribution is 0.853. The molecule has 0 atom stereocenters. The number of nitriles is 1. The second-order valence-corrected chi connectivity index (χ2v) is 3.88. The minimum Gasteiger partial charge on any atom is -0.399 e. The molecule has 0 bridgehead atoms. The van der Waals surface area contributed by atoms with Gasteiger partial charge in [0.05, 0.1) is 12.5 Å². The summed E-state index contributed by atoms with van der Waals surface area (Å²) in [5.74, 6) is 0.455. The molecule has 1 aromatic rings. The van der Waals surface area contributed by atoms with E-state index in [1.54, 1.807) is 0 Å². The number of rotatable bonds is 2. The van der Waals surface area contributed by atoms with Crippen molar-refractivity contribution >= 4 is 5.69 Å². The van der Waals surface area contributed by atoms with Crippen LogP contribution in [-0.4, -0.2) is 0 Å². The highest BCUT2D eigenvalue weighted by atomic mass is 14.5. The molecule has 0 unspecified atom stereocenters. The molecule has 0 fully saturated rings. The highest BCUT2D eigenvalue weighted by molar-refractivity contribution is 5.50. The van der Waals surface area contributed by atoms with Crippen molar-refractivity contribution < 1.29 is 0 Å². The minimum absolute atomic E-state index is 0.441. The molecule has 0 saturated carbocycles. The molecule has 0 heterocycles. The van der Waals surface area contributed by atoms with Gasteiger partial charge in [-0.15, -0.1) is 0 Å². The predicted molar refractivity (Wildman–Crippen MR) is 59.0 cm³/mol. The summed E-state index contributed by atoms with van der Waals surface area (Å²) >= 11 is 0. The van der Waals surface area contributed by atoms with Crippen molar-refractivity contribution in [3.63, 3.8) is 0 Å². The highest BCUT2D eigenvalue weighted by Crippen LogP contribution is 2.25. The molecule has 0 radical (unpaired) electrons. The molecule has 0 saturated heterocycles. The van der Waals surface area contributed by atoms with Crippen LogP contribution in [0, 0.1) is 18.3 Å². The Labute approximate surface area is 85.4 Å². The van der Waals surface area contributed by atoms with E-state index in [1.165, 1.54) is 11.1 Å². The lowest BCUT2D eigenvalue weighted by Crippen LogP contribution is -2.00. The number of hydrogen-bond donors (Lipinski definition) is 1. The molecule has 0 amide bonds. The molecule has 0 aliphatic carbocycles. The van der Waals surface area contributed by atoms with E-state index < -0.39 is 0 Å². The van der Waals surface area contributed by atoms with E-state index in [0.29, 0.717) is 12.3 Å². The Hall–Kier alpha value is -1.49. The van der Waals surface area contributed by atoms with Gasteiger partial charge in [0.15, 0.2) is 0 Å². The zero-order chi connectivity index (χ0) is 10.7. The Kier molecular flexibility index (Phi) is 3.14. The zero-order valence-electron chi connectivity index (χ0n) is 8.96. The van der Waals surface area contributed by atoms with Crippen molar-refractivity contribution in [2.45, 2.75) is 33.1 Å². The first kappa shape index (κ1) is 10.6. The molecule has 1 rings (SSSR count). The SMILES string of the molecule is Cc1c(CC#N)cc(N)cc1C(C)C. The first-order valence-corrected chi connectivity index (χ1v) is 4.82. The Morgan fingerprint density at radius 1 is 1.43 bits per heavy atom. The van der Waals surface area contributed by atoms with Gasteiger partial charge in [-0.25, -0.2) is 0 Å². The van der Waals surface area contributed by atoms with Crippen molar-refractivity contribution in [3.05, 3.63) is 28.8 Å². The average molecular weight is 188 g/mol. The summed E-state index contributed by atoms with van der Waals surface area (Å²) in [6, 6.07) is 6.06. The summed E-state index contributed by atoms with van der Waals surface area (Å²) in [4.78, 5) is 0. The Balaban J connectivity index is 3.26. The quantitative estimate of drug-likeness (QED) is 0.725. The number of hydrogen-bond acceptors (Lipinski definition) is 2. The van der Waals surface area contributed by atoms with E-state index >= 15 is 0 Å². The van der Waals surface area contributed by atoms with Crippen LogP contribution >= 0.6 is 0 Å². The van der Waals surface area contributed by atoms with Crippen LogP contribution in [0.2, 0.25) is 0 Å². The molecule has 2 nitrogen and oxygen atoms in total. The second kappa shape index (κ2) is 4.15. The predicted octanol–water partition coefficient (Wildman–Crippen LogP) is 2.77. The van der Waals surface area contributed by atoms with Crippen LogP contribution in [-0.2, 0) is 6.42 Å². The molecule has 14 heavy (non-hydrogen) atoms. The van der Waals surface area contributed by atoms with Crippen LogP contribution in [0.15, 0.2) is 12.1 Å². The van der Waals surface area contributed by atoms with E-state index in [1.807, 2.05) is 12.1 Å². The first-order valence-electron chi connectivity index (χ1n) is 4.82. The summed E-state index contributed by atoms with van der Waals surface area (Å²) in [7, 11) is 0. The molecular formula is C12H16N2. The van der Waals surface area contributed by atoms with Crippen LogP contribution in [0.3, 0.4) is 0 Å². The fourth-order valence-electron chi connectivity index (χ4n) is 1.69. The van der Waals surface area contributed by atoms with E-state index in [2.05, 4.69) is 26.8 Å².